The lowest BCUT2D eigenvalue weighted by molar-refractivity contribution is 0.471. The number of nitrogens with one attached hydrogen (secondary N) is 1. The van der Waals surface area contributed by atoms with Crippen molar-refractivity contribution >= 4 is 0 Å². The van der Waals surface area contributed by atoms with Crippen molar-refractivity contribution in [1.82, 2.24) is 10.3 Å². The van der Waals surface area contributed by atoms with Crippen molar-refractivity contribution < 1.29 is 5.11 Å². The number of aryl methyl sites for hydroxylation is 1. The molecule has 0 saturated carbocycles. The lowest BCUT2D eigenvalue weighted by Gasteiger charge is -2.04. The smallest absolute Gasteiger partial charge is 0.133 e. The van der Waals surface area contributed by atoms with E-state index < -0.39 is 0 Å². The molecule has 1 aromatic carbocycles. The molecule has 0 radical (unpaired) electrons. The Balaban J connectivity index is 1.63. The zero-order valence-electron chi connectivity index (χ0n) is 10.3. The first-order chi connectivity index (χ1) is 8.84. The van der Waals surface area contributed by atoms with Crippen molar-refractivity contribution in [2.45, 2.75) is 19.4 Å². The first-order valence-electron chi connectivity index (χ1n) is 6.23. The van der Waals surface area contributed by atoms with Crippen molar-refractivity contribution in [3.8, 4) is 5.75 Å². The predicted octanol–water partition coefficient (Wildman–Crippen LogP) is 2.51. The predicted molar refractivity (Wildman–Crippen MR) is 72.4 cm³/mol. The summed E-state index contributed by atoms with van der Waals surface area (Å²) in [4.78, 5) is 4.12. The molecule has 0 amide bonds. The molecule has 2 N–H and O–H groups in total. The van der Waals surface area contributed by atoms with Crippen LogP contribution in [0.15, 0.2) is 48.7 Å². The number of rotatable bonds is 6. The van der Waals surface area contributed by atoms with Crippen LogP contribution in [-0.2, 0) is 13.0 Å². The van der Waals surface area contributed by atoms with Gasteiger partial charge in [-0.15, -0.1) is 0 Å². The summed E-state index contributed by atoms with van der Waals surface area (Å²) in [5, 5.41) is 12.5. The van der Waals surface area contributed by atoms with Crippen LogP contribution in [0.1, 0.15) is 17.7 Å². The number of aromatic hydroxyl groups is 1. The quantitative estimate of drug-likeness (QED) is 0.765. The van der Waals surface area contributed by atoms with E-state index in [0.29, 0.717) is 0 Å². The maximum Gasteiger partial charge on any atom is 0.133 e. The van der Waals surface area contributed by atoms with Crippen molar-refractivity contribution in [1.29, 1.82) is 0 Å². The fourth-order valence-electron chi connectivity index (χ4n) is 1.80. The van der Waals surface area contributed by atoms with Gasteiger partial charge in [0.05, 0.1) is 11.9 Å². The van der Waals surface area contributed by atoms with Gasteiger partial charge in [0.2, 0.25) is 0 Å². The summed E-state index contributed by atoms with van der Waals surface area (Å²) in [6.45, 7) is 1.71. The Kier molecular flexibility index (Phi) is 4.73. The Morgan fingerprint density at radius 2 is 1.89 bits per heavy atom. The van der Waals surface area contributed by atoms with Gasteiger partial charge in [-0.2, -0.15) is 0 Å². The highest BCUT2D eigenvalue weighted by Gasteiger charge is 1.95. The SMILES string of the molecule is Oc1ccc(CNCCCc2ccccc2)nc1. The zero-order valence-corrected chi connectivity index (χ0v) is 10.3. The fraction of sp³-hybridized carbons (Fsp3) is 0.267. The molecule has 0 aliphatic carbocycles. The van der Waals surface area contributed by atoms with Crippen LogP contribution in [-0.4, -0.2) is 16.6 Å². The Bertz CT molecular complexity index is 454. The van der Waals surface area contributed by atoms with Gasteiger partial charge in [-0.05, 0) is 37.1 Å². The minimum Gasteiger partial charge on any atom is -0.506 e. The van der Waals surface area contributed by atoms with Gasteiger partial charge >= 0.3 is 0 Å². The zero-order chi connectivity index (χ0) is 12.6. The van der Waals surface area contributed by atoms with Crippen LogP contribution in [0.3, 0.4) is 0 Å². The summed E-state index contributed by atoms with van der Waals surface area (Å²) in [7, 11) is 0. The third-order valence-corrected chi connectivity index (χ3v) is 2.78. The van der Waals surface area contributed by atoms with E-state index in [1.165, 1.54) is 11.8 Å². The van der Waals surface area contributed by atoms with Crippen LogP contribution in [0.4, 0.5) is 0 Å². The van der Waals surface area contributed by atoms with Gasteiger partial charge in [0.15, 0.2) is 0 Å². The summed E-state index contributed by atoms with van der Waals surface area (Å²) in [5.41, 5.74) is 2.33. The van der Waals surface area contributed by atoms with E-state index in [9.17, 15) is 0 Å². The highest BCUT2D eigenvalue weighted by molar-refractivity contribution is 5.17. The van der Waals surface area contributed by atoms with Gasteiger partial charge < -0.3 is 10.4 Å². The molecule has 3 nitrogen and oxygen atoms in total. The van der Waals surface area contributed by atoms with E-state index in [1.807, 2.05) is 12.1 Å². The Labute approximate surface area is 108 Å². The first kappa shape index (κ1) is 12.6. The number of hydrogen-bond acceptors (Lipinski definition) is 3. The summed E-state index contributed by atoms with van der Waals surface area (Å²) in [6, 6.07) is 14.0. The summed E-state index contributed by atoms with van der Waals surface area (Å²) >= 11 is 0. The molecule has 0 unspecified atom stereocenters. The van der Waals surface area contributed by atoms with Crippen molar-refractivity contribution in [2.75, 3.05) is 6.54 Å². The second kappa shape index (κ2) is 6.77. The molecule has 2 aromatic rings. The average Bonchev–Trinajstić information content (AvgIpc) is 2.42. The molecule has 1 heterocycles. The maximum atomic E-state index is 9.11. The van der Waals surface area contributed by atoms with E-state index >= 15 is 0 Å². The standard InChI is InChI=1S/C15H18N2O/c18-15-9-8-14(17-12-15)11-16-10-4-7-13-5-2-1-3-6-13/h1-3,5-6,8-9,12,16,18H,4,7,10-11H2. The average molecular weight is 242 g/mol. The molecule has 0 spiro atoms. The molecule has 0 atom stereocenters. The highest BCUT2D eigenvalue weighted by atomic mass is 16.3. The third-order valence-electron chi connectivity index (χ3n) is 2.78. The van der Waals surface area contributed by atoms with Gasteiger partial charge in [0.25, 0.3) is 0 Å². The summed E-state index contributed by atoms with van der Waals surface area (Å²) < 4.78 is 0. The van der Waals surface area contributed by atoms with E-state index in [2.05, 4.69) is 34.6 Å². The normalized spacial score (nSPS) is 10.4. The Morgan fingerprint density at radius 1 is 1.06 bits per heavy atom. The fourth-order valence-corrected chi connectivity index (χ4v) is 1.80. The van der Waals surface area contributed by atoms with Gasteiger partial charge in [0.1, 0.15) is 5.75 Å². The third kappa shape index (κ3) is 4.18. The molecule has 0 aliphatic heterocycles. The summed E-state index contributed by atoms with van der Waals surface area (Å²) in [6.07, 6.45) is 3.68. The van der Waals surface area contributed by atoms with Crippen molar-refractivity contribution in [3.05, 3.63) is 59.9 Å². The monoisotopic (exact) mass is 242 g/mol. The van der Waals surface area contributed by atoms with Crippen LogP contribution in [0.2, 0.25) is 0 Å². The van der Waals surface area contributed by atoms with Crippen LogP contribution in [0.25, 0.3) is 0 Å². The van der Waals surface area contributed by atoms with E-state index in [0.717, 1.165) is 31.6 Å². The molecule has 0 bridgehead atoms. The van der Waals surface area contributed by atoms with Crippen LogP contribution in [0, 0.1) is 0 Å². The molecule has 0 aliphatic rings. The topological polar surface area (TPSA) is 45.1 Å². The minimum atomic E-state index is 0.211. The van der Waals surface area contributed by atoms with Crippen LogP contribution < -0.4 is 5.32 Å². The number of nitrogens with zero attached hydrogens (tertiary/aromatic N) is 1. The molecular weight excluding hydrogens is 224 g/mol. The molecule has 0 saturated heterocycles. The molecule has 0 fully saturated rings. The van der Waals surface area contributed by atoms with Crippen LogP contribution in [0.5, 0.6) is 5.75 Å². The number of hydrogen-bond donors (Lipinski definition) is 2. The largest absolute Gasteiger partial charge is 0.506 e. The number of benzene rings is 1. The van der Waals surface area contributed by atoms with Crippen molar-refractivity contribution in [2.24, 2.45) is 0 Å². The lowest BCUT2D eigenvalue weighted by atomic mass is 10.1. The highest BCUT2D eigenvalue weighted by Crippen LogP contribution is 2.05. The second-order valence-corrected chi connectivity index (χ2v) is 4.27. The van der Waals surface area contributed by atoms with E-state index in [-0.39, 0.29) is 5.75 Å². The van der Waals surface area contributed by atoms with Gasteiger partial charge in [0, 0.05) is 6.54 Å². The molecule has 3 heteroatoms. The molecule has 2 rings (SSSR count). The number of pyridine rings is 1. The molecule has 1 aromatic heterocycles. The van der Waals surface area contributed by atoms with E-state index in [4.69, 9.17) is 5.11 Å². The Morgan fingerprint density at radius 3 is 2.61 bits per heavy atom. The van der Waals surface area contributed by atoms with Gasteiger partial charge in [-0.25, -0.2) is 0 Å². The Hall–Kier alpha value is -1.87. The van der Waals surface area contributed by atoms with Gasteiger partial charge in [-0.1, -0.05) is 30.3 Å². The molecular formula is C15H18N2O. The number of aromatic nitrogens is 1. The minimum absolute atomic E-state index is 0.211. The van der Waals surface area contributed by atoms with Gasteiger partial charge in [-0.3, -0.25) is 4.98 Å². The molecule has 94 valence electrons. The summed E-state index contributed by atoms with van der Waals surface area (Å²) in [5.74, 6) is 0.211. The van der Waals surface area contributed by atoms with Crippen LogP contribution >= 0.6 is 0 Å². The first-order valence-corrected chi connectivity index (χ1v) is 6.23. The maximum absolute atomic E-state index is 9.11. The lowest BCUT2D eigenvalue weighted by Crippen LogP contribution is -2.16. The van der Waals surface area contributed by atoms with Crippen molar-refractivity contribution in [3.63, 3.8) is 0 Å². The second-order valence-electron chi connectivity index (χ2n) is 4.27. The van der Waals surface area contributed by atoms with E-state index in [1.54, 1.807) is 6.07 Å². The molecule has 18 heavy (non-hydrogen) atoms.